The molecular formula is C18H15N3O3. The van der Waals surface area contributed by atoms with Gasteiger partial charge in [-0.2, -0.15) is 0 Å². The van der Waals surface area contributed by atoms with Crippen LogP contribution >= 0.6 is 0 Å². The number of aryl methyl sites for hydroxylation is 1. The van der Waals surface area contributed by atoms with Crippen molar-refractivity contribution >= 4 is 28.6 Å². The van der Waals surface area contributed by atoms with Gasteiger partial charge in [0.1, 0.15) is 11.6 Å². The summed E-state index contributed by atoms with van der Waals surface area (Å²) in [6.07, 6.45) is 6.29. The number of benzene rings is 1. The Hall–Kier alpha value is -3.15. The third-order valence-corrected chi connectivity index (χ3v) is 4.02. The Morgan fingerprint density at radius 1 is 1.33 bits per heavy atom. The van der Waals surface area contributed by atoms with Crippen LogP contribution in [0.4, 0.5) is 5.69 Å². The molecule has 2 aromatic heterocycles. The zero-order valence-electron chi connectivity index (χ0n) is 12.9. The van der Waals surface area contributed by atoms with Gasteiger partial charge in [0.2, 0.25) is 5.91 Å². The molecule has 0 saturated carbocycles. The Morgan fingerprint density at radius 2 is 2.25 bits per heavy atom. The monoisotopic (exact) mass is 321 g/mol. The Balaban J connectivity index is 1.61. The number of nitrogens with one attached hydrogen (secondary N) is 1. The lowest BCUT2D eigenvalue weighted by molar-refractivity contribution is -0.111. The average Bonchev–Trinajstić information content (AvgIpc) is 3.25. The van der Waals surface area contributed by atoms with E-state index in [1.165, 1.54) is 6.08 Å². The second kappa shape index (κ2) is 5.81. The second-order valence-electron chi connectivity index (χ2n) is 5.66. The molecule has 0 aliphatic carbocycles. The van der Waals surface area contributed by atoms with E-state index < -0.39 is 0 Å². The van der Waals surface area contributed by atoms with Crippen molar-refractivity contribution < 1.29 is 9.21 Å². The number of fused-ring (bicyclic) bond motifs is 2. The molecule has 1 aliphatic heterocycles. The summed E-state index contributed by atoms with van der Waals surface area (Å²) in [5.41, 5.74) is 1.18. The predicted molar refractivity (Wildman–Crippen MR) is 90.7 cm³/mol. The van der Waals surface area contributed by atoms with E-state index in [1.54, 1.807) is 47.2 Å². The lowest BCUT2D eigenvalue weighted by Crippen LogP contribution is -2.21. The van der Waals surface area contributed by atoms with Crippen molar-refractivity contribution in [2.24, 2.45) is 0 Å². The van der Waals surface area contributed by atoms with Gasteiger partial charge in [0, 0.05) is 24.7 Å². The molecule has 0 saturated heterocycles. The van der Waals surface area contributed by atoms with Crippen molar-refractivity contribution in [1.29, 1.82) is 0 Å². The second-order valence-corrected chi connectivity index (χ2v) is 5.66. The van der Waals surface area contributed by atoms with Crippen molar-refractivity contribution in [1.82, 2.24) is 9.55 Å². The van der Waals surface area contributed by atoms with Gasteiger partial charge >= 0.3 is 0 Å². The first-order valence-corrected chi connectivity index (χ1v) is 7.77. The van der Waals surface area contributed by atoms with E-state index >= 15 is 0 Å². The van der Waals surface area contributed by atoms with Crippen LogP contribution in [-0.2, 0) is 17.8 Å². The van der Waals surface area contributed by atoms with Gasteiger partial charge < -0.3 is 9.73 Å². The first-order valence-electron chi connectivity index (χ1n) is 7.77. The number of hydrogen-bond acceptors (Lipinski definition) is 4. The minimum Gasteiger partial charge on any atom is -0.465 e. The van der Waals surface area contributed by atoms with Gasteiger partial charge in [-0.05, 0) is 42.8 Å². The molecule has 0 unspecified atom stereocenters. The highest BCUT2D eigenvalue weighted by molar-refractivity contribution is 6.02. The predicted octanol–water partition coefficient (Wildman–Crippen LogP) is 2.59. The lowest BCUT2D eigenvalue weighted by Gasteiger charge is -2.07. The molecule has 0 radical (unpaired) electrons. The topological polar surface area (TPSA) is 77.1 Å². The molecule has 6 nitrogen and oxygen atoms in total. The number of aromatic nitrogens is 2. The van der Waals surface area contributed by atoms with Gasteiger partial charge in [0.15, 0.2) is 0 Å². The number of rotatable bonds is 3. The van der Waals surface area contributed by atoms with Gasteiger partial charge in [-0.25, -0.2) is 4.98 Å². The molecule has 6 heteroatoms. The Labute approximate surface area is 137 Å². The summed E-state index contributed by atoms with van der Waals surface area (Å²) in [5.74, 6) is 1.15. The largest absolute Gasteiger partial charge is 0.465 e. The summed E-state index contributed by atoms with van der Waals surface area (Å²) in [7, 11) is 0. The van der Waals surface area contributed by atoms with Crippen LogP contribution in [0.25, 0.3) is 17.0 Å². The van der Waals surface area contributed by atoms with Crippen LogP contribution in [0, 0.1) is 0 Å². The number of furan rings is 1. The first kappa shape index (κ1) is 14.4. The molecule has 0 bridgehead atoms. The summed E-state index contributed by atoms with van der Waals surface area (Å²) in [4.78, 5) is 29.0. The fourth-order valence-electron chi connectivity index (χ4n) is 2.89. The minimum absolute atomic E-state index is 0.0465. The van der Waals surface area contributed by atoms with Crippen LogP contribution in [0.1, 0.15) is 18.0 Å². The molecule has 1 N–H and O–H groups in total. The Kier molecular flexibility index (Phi) is 3.49. The summed E-state index contributed by atoms with van der Waals surface area (Å²) in [5, 5.41) is 3.27. The number of anilines is 1. The van der Waals surface area contributed by atoms with Crippen molar-refractivity contribution in [2.45, 2.75) is 19.4 Å². The van der Waals surface area contributed by atoms with Crippen LogP contribution in [0.2, 0.25) is 0 Å². The maximum atomic E-state index is 12.5. The number of carbonyl (C=O) groups excluding carboxylic acids is 1. The van der Waals surface area contributed by atoms with E-state index in [1.807, 2.05) is 0 Å². The van der Waals surface area contributed by atoms with Crippen LogP contribution in [0.15, 0.2) is 51.9 Å². The maximum Gasteiger partial charge on any atom is 0.261 e. The fraction of sp³-hybridized carbons (Fsp3) is 0.167. The summed E-state index contributed by atoms with van der Waals surface area (Å²) in [6.45, 7) is 0.708. The minimum atomic E-state index is -0.292. The molecule has 3 heterocycles. The summed E-state index contributed by atoms with van der Waals surface area (Å²) >= 11 is 0. The normalized spacial score (nSPS) is 13.5. The SMILES string of the molecule is O=C(C=Cc1ccco1)Nc1ccc2nc3n(c(=O)c2c1)CCC3. The van der Waals surface area contributed by atoms with Crippen molar-refractivity contribution in [3.8, 4) is 0 Å². The molecule has 1 aromatic carbocycles. The van der Waals surface area contributed by atoms with E-state index in [2.05, 4.69) is 10.3 Å². The molecule has 120 valence electrons. The quantitative estimate of drug-likeness (QED) is 0.752. The Bertz CT molecular complexity index is 1000. The van der Waals surface area contributed by atoms with E-state index in [-0.39, 0.29) is 11.5 Å². The molecule has 24 heavy (non-hydrogen) atoms. The van der Waals surface area contributed by atoms with Crippen LogP contribution in [-0.4, -0.2) is 15.5 Å². The van der Waals surface area contributed by atoms with Gasteiger partial charge in [-0.15, -0.1) is 0 Å². The van der Waals surface area contributed by atoms with Gasteiger partial charge in [0.05, 0.1) is 17.2 Å². The highest BCUT2D eigenvalue weighted by Gasteiger charge is 2.16. The van der Waals surface area contributed by atoms with E-state index in [0.29, 0.717) is 28.9 Å². The number of amides is 1. The fourth-order valence-corrected chi connectivity index (χ4v) is 2.89. The van der Waals surface area contributed by atoms with E-state index in [9.17, 15) is 9.59 Å². The molecule has 0 fully saturated rings. The van der Waals surface area contributed by atoms with Crippen molar-refractivity contribution in [3.05, 3.63) is 64.6 Å². The molecule has 4 rings (SSSR count). The zero-order valence-corrected chi connectivity index (χ0v) is 12.9. The van der Waals surface area contributed by atoms with E-state index in [4.69, 9.17) is 4.42 Å². The van der Waals surface area contributed by atoms with Gasteiger partial charge in [-0.3, -0.25) is 14.2 Å². The standard InChI is InChI=1S/C18H15N3O3/c22-17(8-6-13-3-2-10-24-13)19-12-5-7-15-14(11-12)18(23)21-9-1-4-16(21)20-15/h2-3,5-8,10-11H,1,4,9H2,(H,19,22). The third kappa shape index (κ3) is 2.62. The summed E-state index contributed by atoms with van der Waals surface area (Å²) in [6, 6.07) is 8.70. The molecule has 3 aromatic rings. The molecule has 1 aliphatic rings. The summed E-state index contributed by atoms with van der Waals surface area (Å²) < 4.78 is 6.84. The first-order chi connectivity index (χ1) is 11.7. The number of nitrogens with zero attached hydrogens (tertiary/aromatic N) is 2. The van der Waals surface area contributed by atoms with Crippen molar-refractivity contribution in [2.75, 3.05) is 5.32 Å². The van der Waals surface area contributed by atoms with Gasteiger partial charge in [0.25, 0.3) is 5.56 Å². The maximum absolute atomic E-state index is 12.5. The van der Waals surface area contributed by atoms with Crippen molar-refractivity contribution in [3.63, 3.8) is 0 Å². The highest BCUT2D eigenvalue weighted by atomic mass is 16.3. The molecule has 0 spiro atoms. The highest BCUT2D eigenvalue weighted by Crippen LogP contribution is 2.18. The molecule has 1 amide bonds. The van der Waals surface area contributed by atoms with Crippen LogP contribution in [0.5, 0.6) is 0 Å². The molecule has 0 atom stereocenters. The number of carbonyl (C=O) groups is 1. The van der Waals surface area contributed by atoms with Crippen LogP contribution in [0.3, 0.4) is 0 Å². The zero-order chi connectivity index (χ0) is 16.5. The van der Waals surface area contributed by atoms with Gasteiger partial charge in [-0.1, -0.05) is 0 Å². The third-order valence-electron chi connectivity index (χ3n) is 4.02. The number of hydrogen-bond donors (Lipinski definition) is 1. The smallest absolute Gasteiger partial charge is 0.261 e. The van der Waals surface area contributed by atoms with Crippen LogP contribution < -0.4 is 10.9 Å². The Morgan fingerprint density at radius 3 is 3.08 bits per heavy atom. The van der Waals surface area contributed by atoms with E-state index in [0.717, 1.165) is 18.7 Å². The average molecular weight is 321 g/mol. The molecular weight excluding hydrogens is 306 g/mol. The lowest BCUT2D eigenvalue weighted by atomic mass is 10.2.